The molecule has 2 bridgehead atoms. The van der Waals surface area contributed by atoms with Gasteiger partial charge in [0.25, 0.3) is 0 Å². The molecule has 1 N–H and O–H groups in total. The van der Waals surface area contributed by atoms with Crippen LogP contribution in [0.15, 0.2) is 18.2 Å². The standard InChI is InChI=1S/C15H17FN2O3/c1-9(19)13-5-4-10(6-14(13)16)17-7-11-2-3-12(8-17)18(11)15(20)21/h4-6,11-12H,2-3,7-8H2,1H3,(H,20,21). The lowest BCUT2D eigenvalue weighted by atomic mass is 10.1. The van der Waals surface area contributed by atoms with Crippen LogP contribution in [-0.2, 0) is 0 Å². The summed E-state index contributed by atoms with van der Waals surface area (Å²) in [4.78, 5) is 26.0. The van der Waals surface area contributed by atoms with Crippen LogP contribution in [0.4, 0.5) is 14.9 Å². The molecular formula is C15H17FN2O3. The van der Waals surface area contributed by atoms with Crippen molar-refractivity contribution in [3.05, 3.63) is 29.6 Å². The number of anilines is 1. The van der Waals surface area contributed by atoms with Crippen LogP contribution in [0.3, 0.4) is 0 Å². The van der Waals surface area contributed by atoms with E-state index in [0.717, 1.165) is 12.8 Å². The molecule has 0 saturated carbocycles. The summed E-state index contributed by atoms with van der Waals surface area (Å²) in [7, 11) is 0. The molecule has 1 aromatic rings. The molecule has 2 heterocycles. The zero-order chi connectivity index (χ0) is 15.1. The van der Waals surface area contributed by atoms with Crippen molar-refractivity contribution in [2.24, 2.45) is 0 Å². The van der Waals surface area contributed by atoms with E-state index in [9.17, 15) is 19.1 Å². The largest absolute Gasteiger partial charge is 0.465 e. The number of fused-ring (bicyclic) bond motifs is 2. The van der Waals surface area contributed by atoms with Crippen LogP contribution in [0.5, 0.6) is 0 Å². The Kier molecular flexibility index (Phi) is 3.31. The highest BCUT2D eigenvalue weighted by molar-refractivity contribution is 5.94. The van der Waals surface area contributed by atoms with Crippen LogP contribution >= 0.6 is 0 Å². The number of nitrogens with zero attached hydrogens (tertiary/aromatic N) is 2. The van der Waals surface area contributed by atoms with Crippen molar-refractivity contribution < 1.29 is 19.1 Å². The van der Waals surface area contributed by atoms with Gasteiger partial charge in [-0.1, -0.05) is 0 Å². The predicted octanol–water partition coefficient (Wildman–Crippen LogP) is 2.36. The Bertz CT molecular complexity index is 591. The molecule has 3 rings (SSSR count). The summed E-state index contributed by atoms with van der Waals surface area (Å²) in [5, 5.41) is 9.23. The second-order valence-electron chi connectivity index (χ2n) is 5.70. The number of Topliss-reactive ketones (excluding diaryl/α,β-unsaturated/α-hetero) is 1. The van der Waals surface area contributed by atoms with Gasteiger partial charge in [0.1, 0.15) is 5.82 Å². The number of benzene rings is 1. The maximum absolute atomic E-state index is 13.9. The monoisotopic (exact) mass is 292 g/mol. The van der Waals surface area contributed by atoms with Crippen molar-refractivity contribution >= 4 is 17.6 Å². The third-order valence-electron chi connectivity index (χ3n) is 4.40. The first kappa shape index (κ1) is 13.9. The fourth-order valence-corrected chi connectivity index (χ4v) is 3.41. The van der Waals surface area contributed by atoms with Crippen LogP contribution in [0.2, 0.25) is 0 Å². The highest BCUT2D eigenvalue weighted by atomic mass is 19.1. The molecule has 0 radical (unpaired) electrons. The number of ketones is 1. The van der Waals surface area contributed by atoms with Crippen LogP contribution in [-0.4, -0.2) is 47.1 Å². The smallest absolute Gasteiger partial charge is 0.407 e. The molecule has 0 spiro atoms. The summed E-state index contributed by atoms with van der Waals surface area (Å²) in [6, 6.07) is 4.54. The Labute approximate surface area is 122 Å². The molecule has 2 saturated heterocycles. The van der Waals surface area contributed by atoms with E-state index >= 15 is 0 Å². The summed E-state index contributed by atoms with van der Waals surface area (Å²) in [5.41, 5.74) is 0.797. The molecular weight excluding hydrogens is 275 g/mol. The molecule has 2 unspecified atom stereocenters. The Balaban J connectivity index is 1.82. The van der Waals surface area contributed by atoms with E-state index in [2.05, 4.69) is 0 Å². The fraction of sp³-hybridized carbons (Fsp3) is 0.467. The minimum absolute atomic E-state index is 0.0307. The zero-order valence-corrected chi connectivity index (χ0v) is 11.8. The van der Waals surface area contributed by atoms with Crippen LogP contribution in [0.25, 0.3) is 0 Å². The van der Waals surface area contributed by atoms with Gasteiger partial charge in [0.2, 0.25) is 0 Å². The molecule has 5 nitrogen and oxygen atoms in total. The predicted molar refractivity (Wildman–Crippen MR) is 75.3 cm³/mol. The number of hydrogen-bond acceptors (Lipinski definition) is 3. The SMILES string of the molecule is CC(=O)c1ccc(N2CC3CCC(C2)N3C(=O)O)cc1F. The van der Waals surface area contributed by atoms with Crippen molar-refractivity contribution in [1.29, 1.82) is 0 Å². The van der Waals surface area contributed by atoms with Crippen LogP contribution < -0.4 is 4.90 Å². The number of rotatable bonds is 2. The Morgan fingerprint density at radius 1 is 1.24 bits per heavy atom. The molecule has 2 atom stereocenters. The van der Waals surface area contributed by atoms with E-state index in [1.807, 2.05) is 4.90 Å². The summed E-state index contributed by atoms with van der Waals surface area (Å²) in [6.07, 6.45) is 0.823. The van der Waals surface area contributed by atoms with E-state index in [0.29, 0.717) is 18.8 Å². The van der Waals surface area contributed by atoms with Crippen molar-refractivity contribution in [1.82, 2.24) is 4.90 Å². The van der Waals surface area contributed by atoms with Gasteiger partial charge in [-0.25, -0.2) is 9.18 Å². The summed E-state index contributed by atoms with van der Waals surface area (Å²) >= 11 is 0. The van der Waals surface area contributed by atoms with E-state index in [4.69, 9.17) is 0 Å². The molecule has 2 fully saturated rings. The van der Waals surface area contributed by atoms with Crippen LogP contribution in [0.1, 0.15) is 30.1 Å². The lowest BCUT2D eigenvalue weighted by Crippen LogP contribution is -2.55. The molecule has 0 aliphatic carbocycles. The minimum atomic E-state index is -0.875. The lowest BCUT2D eigenvalue weighted by molar-refractivity contribution is 0.101. The number of carboxylic acid groups (broad SMARTS) is 1. The number of carbonyl (C=O) groups is 2. The van der Waals surface area contributed by atoms with Gasteiger partial charge in [0.15, 0.2) is 5.78 Å². The minimum Gasteiger partial charge on any atom is -0.465 e. The highest BCUT2D eigenvalue weighted by Gasteiger charge is 2.42. The average molecular weight is 292 g/mol. The molecule has 0 aromatic heterocycles. The van der Waals surface area contributed by atoms with Gasteiger partial charge >= 0.3 is 6.09 Å². The van der Waals surface area contributed by atoms with E-state index < -0.39 is 11.9 Å². The average Bonchev–Trinajstić information content (AvgIpc) is 2.69. The topological polar surface area (TPSA) is 60.9 Å². The van der Waals surface area contributed by atoms with E-state index in [1.165, 1.54) is 24.0 Å². The van der Waals surface area contributed by atoms with Crippen LogP contribution in [0, 0.1) is 5.82 Å². The second kappa shape index (κ2) is 5.02. The Morgan fingerprint density at radius 2 is 1.86 bits per heavy atom. The molecule has 112 valence electrons. The van der Waals surface area contributed by atoms with Crippen molar-refractivity contribution in [2.75, 3.05) is 18.0 Å². The van der Waals surface area contributed by atoms with Crippen molar-refractivity contribution in [3.8, 4) is 0 Å². The summed E-state index contributed by atoms with van der Waals surface area (Å²) in [5.74, 6) is -0.817. The van der Waals surface area contributed by atoms with Gasteiger partial charge in [-0.05, 0) is 38.0 Å². The highest BCUT2D eigenvalue weighted by Crippen LogP contribution is 2.33. The summed E-state index contributed by atoms with van der Waals surface area (Å²) < 4.78 is 13.9. The normalized spacial score (nSPS) is 24.3. The zero-order valence-electron chi connectivity index (χ0n) is 11.8. The summed E-state index contributed by atoms with van der Waals surface area (Å²) in [6.45, 7) is 2.48. The maximum atomic E-state index is 13.9. The van der Waals surface area contributed by atoms with E-state index in [-0.39, 0.29) is 23.4 Å². The quantitative estimate of drug-likeness (QED) is 0.850. The number of halogens is 1. The number of piperazine rings is 1. The first-order valence-corrected chi connectivity index (χ1v) is 7.04. The molecule has 1 amide bonds. The number of hydrogen-bond donors (Lipinski definition) is 1. The van der Waals surface area contributed by atoms with Gasteiger partial charge < -0.3 is 10.0 Å². The van der Waals surface area contributed by atoms with Crippen molar-refractivity contribution in [2.45, 2.75) is 31.8 Å². The molecule has 2 aliphatic heterocycles. The Hall–Kier alpha value is -2.11. The van der Waals surface area contributed by atoms with Gasteiger partial charge in [0, 0.05) is 18.8 Å². The van der Waals surface area contributed by atoms with Crippen molar-refractivity contribution in [3.63, 3.8) is 0 Å². The van der Waals surface area contributed by atoms with E-state index in [1.54, 1.807) is 6.07 Å². The Morgan fingerprint density at radius 3 is 2.33 bits per heavy atom. The first-order chi connectivity index (χ1) is 9.97. The molecule has 21 heavy (non-hydrogen) atoms. The first-order valence-electron chi connectivity index (χ1n) is 7.04. The third-order valence-corrected chi connectivity index (χ3v) is 4.40. The van der Waals surface area contributed by atoms with Gasteiger partial charge in [-0.3, -0.25) is 9.69 Å². The fourth-order valence-electron chi connectivity index (χ4n) is 3.41. The lowest BCUT2D eigenvalue weighted by Gasteiger charge is -2.40. The van der Waals surface area contributed by atoms with Gasteiger partial charge in [-0.2, -0.15) is 0 Å². The maximum Gasteiger partial charge on any atom is 0.407 e. The number of carbonyl (C=O) groups excluding carboxylic acids is 1. The third kappa shape index (κ3) is 2.34. The second-order valence-corrected chi connectivity index (χ2v) is 5.70. The van der Waals surface area contributed by atoms with Gasteiger partial charge in [0.05, 0.1) is 17.6 Å². The van der Waals surface area contributed by atoms with Gasteiger partial charge in [-0.15, -0.1) is 0 Å². The molecule has 1 aromatic carbocycles. The number of amides is 1. The molecule has 6 heteroatoms. The molecule has 2 aliphatic rings.